The number of amides is 4. The number of hydrogen-bond donors (Lipinski definition) is 2. The number of hydrogen-bond acceptors (Lipinski definition) is 6. The van der Waals surface area contributed by atoms with E-state index in [2.05, 4.69) is 10.3 Å². The molecular weight excluding hydrogens is 382 g/mol. The van der Waals surface area contributed by atoms with Crippen LogP contribution in [0.3, 0.4) is 0 Å². The van der Waals surface area contributed by atoms with E-state index in [1.54, 1.807) is 30.6 Å². The monoisotopic (exact) mass is 397 g/mol. The number of primary amides is 1. The molecule has 3 aromatic rings. The van der Waals surface area contributed by atoms with E-state index < -0.39 is 23.4 Å². The predicted octanol–water partition coefficient (Wildman–Crippen LogP) is 0.822. The van der Waals surface area contributed by atoms with Crippen molar-refractivity contribution in [1.82, 2.24) is 19.6 Å². The van der Waals surface area contributed by atoms with Crippen molar-refractivity contribution in [2.75, 3.05) is 0 Å². The largest absolute Gasteiger partial charge is 0.366 e. The fraction of sp³-hybridized carbons (Fsp3) is 0.167. The van der Waals surface area contributed by atoms with E-state index in [9.17, 15) is 19.2 Å². The molecule has 28 heavy (non-hydrogen) atoms. The van der Waals surface area contributed by atoms with Gasteiger partial charge in [-0.15, -0.1) is 11.3 Å². The van der Waals surface area contributed by atoms with Crippen LogP contribution in [0.25, 0.3) is 4.96 Å². The summed E-state index contributed by atoms with van der Waals surface area (Å²) >= 11 is 1.28. The molecule has 3 heterocycles. The van der Waals surface area contributed by atoms with Crippen LogP contribution in [-0.2, 0) is 16.9 Å². The van der Waals surface area contributed by atoms with Crippen molar-refractivity contribution in [2.24, 2.45) is 5.73 Å². The van der Waals surface area contributed by atoms with Crippen molar-refractivity contribution in [2.45, 2.75) is 19.0 Å². The van der Waals surface area contributed by atoms with Crippen LogP contribution in [-0.4, -0.2) is 32.1 Å². The topological polar surface area (TPSA) is 127 Å². The SMILES string of the molecule is CC1(c2cccc(C(N)=O)c2)NC(=O)N(Cc2cc(=O)n3ccsc3n2)C1=O. The van der Waals surface area contributed by atoms with Gasteiger partial charge in [-0.25, -0.2) is 9.78 Å². The van der Waals surface area contributed by atoms with Crippen LogP contribution in [0.1, 0.15) is 28.5 Å². The zero-order valence-corrected chi connectivity index (χ0v) is 15.5. The van der Waals surface area contributed by atoms with E-state index in [1.165, 1.54) is 33.9 Å². The van der Waals surface area contributed by atoms with Crippen molar-refractivity contribution in [1.29, 1.82) is 0 Å². The first-order chi connectivity index (χ1) is 13.3. The minimum atomic E-state index is -1.36. The Morgan fingerprint density at radius 1 is 1.29 bits per heavy atom. The normalized spacial score (nSPS) is 19.2. The molecule has 2 aromatic heterocycles. The molecule has 0 bridgehead atoms. The van der Waals surface area contributed by atoms with Gasteiger partial charge in [0.2, 0.25) is 5.91 Å². The van der Waals surface area contributed by atoms with Crippen LogP contribution in [0.4, 0.5) is 4.79 Å². The summed E-state index contributed by atoms with van der Waals surface area (Å²) in [7, 11) is 0. The number of carbonyl (C=O) groups excluding carboxylic acids is 3. The molecule has 9 nitrogen and oxygen atoms in total. The Labute approximate surface area is 162 Å². The molecule has 1 aliphatic rings. The molecule has 4 amide bonds. The van der Waals surface area contributed by atoms with Gasteiger partial charge in [0.1, 0.15) is 5.54 Å². The molecule has 1 fully saturated rings. The van der Waals surface area contributed by atoms with E-state index in [1.807, 2.05) is 0 Å². The van der Waals surface area contributed by atoms with E-state index in [0.29, 0.717) is 16.2 Å². The van der Waals surface area contributed by atoms with Gasteiger partial charge >= 0.3 is 6.03 Å². The third-order valence-electron chi connectivity index (χ3n) is 4.68. The molecule has 0 aliphatic carbocycles. The second-order valence-electron chi connectivity index (χ2n) is 6.53. The maximum absolute atomic E-state index is 13.0. The van der Waals surface area contributed by atoms with E-state index in [4.69, 9.17) is 5.73 Å². The van der Waals surface area contributed by atoms with Gasteiger partial charge < -0.3 is 11.1 Å². The standard InChI is InChI=1S/C18H15N5O4S/c1-18(11-4-2-3-10(7-11)14(19)25)15(26)23(16(27)21-18)9-12-8-13(24)22-5-6-28-17(22)20-12/h2-8H,9H2,1H3,(H2,19,25)(H,21,27). The van der Waals surface area contributed by atoms with Gasteiger partial charge in [-0.1, -0.05) is 12.1 Å². The number of rotatable bonds is 4. The Hall–Kier alpha value is -3.53. The highest BCUT2D eigenvalue weighted by atomic mass is 32.1. The lowest BCUT2D eigenvalue weighted by Crippen LogP contribution is -2.41. The number of thiazole rings is 1. The van der Waals surface area contributed by atoms with Gasteiger partial charge in [-0.2, -0.15) is 0 Å². The van der Waals surface area contributed by atoms with Crippen LogP contribution < -0.4 is 16.6 Å². The third kappa shape index (κ3) is 2.74. The first-order valence-electron chi connectivity index (χ1n) is 8.30. The summed E-state index contributed by atoms with van der Waals surface area (Å²) in [6.07, 6.45) is 1.61. The fourth-order valence-electron chi connectivity index (χ4n) is 3.15. The summed E-state index contributed by atoms with van der Waals surface area (Å²) in [6, 6.07) is 6.93. The Kier molecular flexibility index (Phi) is 4.00. The molecule has 142 valence electrons. The molecule has 4 rings (SSSR count). The molecule has 10 heteroatoms. The molecule has 0 saturated carbocycles. The number of nitrogens with two attached hydrogens (primary N) is 1. The molecule has 1 atom stereocenters. The Morgan fingerprint density at radius 2 is 2.07 bits per heavy atom. The fourth-order valence-corrected chi connectivity index (χ4v) is 3.89. The highest BCUT2D eigenvalue weighted by Crippen LogP contribution is 2.30. The van der Waals surface area contributed by atoms with Crippen LogP contribution in [0, 0.1) is 0 Å². The quantitative estimate of drug-likeness (QED) is 0.630. The van der Waals surface area contributed by atoms with Crippen LogP contribution in [0.15, 0.2) is 46.7 Å². The van der Waals surface area contributed by atoms with Crippen molar-refractivity contribution < 1.29 is 14.4 Å². The minimum Gasteiger partial charge on any atom is -0.366 e. The lowest BCUT2D eigenvalue weighted by molar-refractivity contribution is -0.131. The lowest BCUT2D eigenvalue weighted by atomic mass is 9.90. The summed E-state index contributed by atoms with van der Waals surface area (Å²) in [5.41, 5.74) is 4.64. The first-order valence-corrected chi connectivity index (χ1v) is 9.18. The Morgan fingerprint density at radius 3 is 2.82 bits per heavy atom. The Bertz CT molecular complexity index is 1200. The smallest absolute Gasteiger partial charge is 0.325 e. The van der Waals surface area contributed by atoms with Crippen molar-refractivity contribution in [3.05, 3.63) is 69.1 Å². The molecule has 0 radical (unpaired) electrons. The maximum atomic E-state index is 13.0. The Balaban J connectivity index is 1.67. The third-order valence-corrected chi connectivity index (χ3v) is 5.43. The summed E-state index contributed by atoms with van der Waals surface area (Å²) in [6.45, 7) is 1.41. The number of fused-ring (bicyclic) bond motifs is 1. The second-order valence-corrected chi connectivity index (χ2v) is 7.41. The number of aromatic nitrogens is 2. The van der Waals surface area contributed by atoms with E-state index in [0.717, 1.165) is 4.90 Å². The average molecular weight is 397 g/mol. The van der Waals surface area contributed by atoms with Crippen LogP contribution >= 0.6 is 11.3 Å². The van der Waals surface area contributed by atoms with Gasteiger partial charge in [-0.05, 0) is 24.6 Å². The molecule has 1 unspecified atom stereocenters. The minimum absolute atomic E-state index is 0.139. The zero-order valence-electron chi connectivity index (χ0n) is 14.7. The number of urea groups is 1. The lowest BCUT2D eigenvalue weighted by Gasteiger charge is -2.22. The molecule has 1 aliphatic heterocycles. The van der Waals surface area contributed by atoms with Crippen molar-refractivity contribution >= 4 is 34.1 Å². The molecule has 1 saturated heterocycles. The number of carbonyl (C=O) groups is 3. The second kappa shape index (κ2) is 6.27. The van der Waals surface area contributed by atoms with E-state index in [-0.39, 0.29) is 17.7 Å². The maximum Gasteiger partial charge on any atom is 0.325 e. The van der Waals surface area contributed by atoms with E-state index >= 15 is 0 Å². The number of imide groups is 1. The number of benzene rings is 1. The van der Waals surface area contributed by atoms with Crippen molar-refractivity contribution in [3.8, 4) is 0 Å². The number of nitrogens with one attached hydrogen (secondary N) is 1. The van der Waals surface area contributed by atoms with Gasteiger partial charge in [-0.3, -0.25) is 23.7 Å². The van der Waals surface area contributed by atoms with Crippen LogP contribution in [0.5, 0.6) is 0 Å². The molecule has 0 spiro atoms. The zero-order chi connectivity index (χ0) is 20.1. The van der Waals surface area contributed by atoms with Gasteiger partial charge in [0.15, 0.2) is 4.96 Å². The summed E-state index contributed by atoms with van der Waals surface area (Å²) < 4.78 is 1.39. The van der Waals surface area contributed by atoms with Crippen molar-refractivity contribution in [3.63, 3.8) is 0 Å². The van der Waals surface area contributed by atoms with Gasteiger partial charge in [0, 0.05) is 23.2 Å². The van der Waals surface area contributed by atoms with Gasteiger partial charge in [0.05, 0.1) is 12.2 Å². The van der Waals surface area contributed by atoms with Gasteiger partial charge in [0.25, 0.3) is 11.5 Å². The highest BCUT2D eigenvalue weighted by Gasteiger charge is 2.49. The highest BCUT2D eigenvalue weighted by molar-refractivity contribution is 7.15. The predicted molar refractivity (Wildman–Crippen MR) is 101 cm³/mol. The molecule has 3 N–H and O–H groups in total. The molecular formula is C18H15N5O4S. The first kappa shape index (κ1) is 17.9. The number of nitrogens with zero attached hydrogens (tertiary/aromatic N) is 3. The van der Waals surface area contributed by atoms with Crippen LogP contribution in [0.2, 0.25) is 0 Å². The summed E-state index contributed by atoms with van der Waals surface area (Å²) in [5.74, 6) is -1.14. The molecule has 1 aromatic carbocycles. The summed E-state index contributed by atoms with van der Waals surface area (Å²) in [4.78, 5) is 54.9. The average Bonchev–Trinajstić information content (AvgIpc) is 3.21. The summed E-state index contributed by atoms with van der Waals surface area (Å²) in [5, 5.41) is 4.38.